The Hall–Kier alpha value is -1.15. The lowest BCUT2D eigenvalue weighted by atomic mass is 10.1. The third-order valence-corrected chi connectivity index (χ3v) is 4.93. The zero-order chi connectivity index (χ0) is 17.2. The summed E-state index contributed by atoms with van der Waals surface area (Å²) >= 11 is 1.74. The number of aromatic nitrogens is 1. The number of aryl methyl sites for hydroxylation is 2. The fourth-order valence-electron chi connectivity index (χ4n) is 2.46. The SMILES string of the molecule is CCc1nc(CCNC(=NC)NC(C)CCc2ccccc2)cs1.I. The Kier molecular flexibility index (Phi) is 10.7. The van der Waals surface area contributed by atoms with E-state index in [0.717, 1.165) is 43.9 Å². The Bertz CT molecular complexity index is 627. The molecule has 0 bridgehead atoms. The largest absolute Gasteiger partial charge is 0.356 e. The van der Waals surface area contributed by atoms with Crippen LogP contribution in [0.25, 0.3) is 0 Å². The molecule has 0 aliphatic heterocycles. The first-order valence-corrected chi connectivity index (χ1v) is 9.53. The monoisotopic (exact) mass is 472 g/mol. The van der Waals surface area contributed by atoms with E-state index in [0.29, 0.717) is 6.04 Å². The lowest BCUT2D eigenvalue weighted by molar-refractivity contribution is 0.593. The molecular weight excluding hydrogens is 443 g/mol. The number of halogens is 1. The molecule has 0 radical (unpaired) electrons. The maximum absolute atomic E-state index is 4.59. The first kappa shape index (κ1) is 21.9. The molecule has 25 heavy (non-hydrogen) atoms. The highest BCUT2D eigenvalue weighted by molar-refractivity contribution is 14.0. The van der Waals surface area contributed by atoms with Gasteiger partial charge in [0.15, 0.2) is 5.96 Å². The molecule has 2 rings (SSSR count). The van der Waals surface area contributed by atoms with Gasteiger partial charge >= 0.3 is 0 Å². The number of thiazole rings is 1. The molecule has 138 valence electrons. The summed E-state index contributed by atoms with van der Waals surface area (Å²) in [6, 6.07) is 11.0. The molecule has 0 amide bonds. The van der Waals surface area contributed by atoms with Gasteiger partial charge in [0.05, 0.1) is 10.7 Å². The van der Waals surface area contributed by atoms with E-state index in [-0.39, 0.29) is 24.0 Å². The Balaban J connectivity index is 0.00000312. The van der Waals surface area contributed by atoms with E-state index in [1.54, 1.807) is 11.3 Å². The van der Waals surface area contributed by atoms with Gasteiger partial charge in [0.2, 0.25) is 0 Å². The molecule has 0 aliphatic carbocycles. The number of aliphatic imine (C=N–C) groups is 1. The van der Waals surface area contributed by atoms with Gasteiger partial charge in [-0.25, -0.2) is 4.98 Å². The van der Waals surface area contributed by atoms with Crippen molar-refractivity contribution >= 4 is 41.3 Å². The summed E-state index contributed by atoms with van der Waals surface area (Å²) in [5.41, 5.74) is 2.54. The highest BCUT2D eigenvalue weighted by Gasteiger charge is 2.06. The summed E-state index contributed by atoms with van der Waals surface area (Å²) in [6.07, 6.45) is 4.09. The number of nitrogens with one attached hydrogen (secondary N) is 2. The summed E-state index contributed by atoms with van der Waals surface area (Å²) in [5.74, 6) is 0.863. The van der Waals surface area contributed by atoms with Crippen LogP contribution in [0.4, 0.5) is 0 Å². The second kappa shape index (κ2) is 12.2. The summed E-state index contributed by atoms with van der Waals surface area (Å²) in [5, 5.41) is 10.2. The summed E-state index contributed by atoms with van der Waals surface area (Å²) in [6.45, 7) is 5.19. The molecule has 4 nitrogen and oxygen atoms in total. The number of benzene rings is 1. The van der Waals surface area contributed by atoms with Crippen LogP contribution in [-0.2, 0) is 19.3 Å². The van der Waals surface area contributed by atoms with Crippen molar-refractivity contribution in [2.24, 2.45) is 4.99 Å². The minimum Gasteiger partial charge on any atom is -0.356 e. The number of hydrogen-bond donors (Lipinski definition) is 2. The number of hydrogen-bond acceptors (Lipinski definition) is 3. The van der Waals surface area contributed by atoms with Crippen LogP contribution in [0, 0.1) is 0 Å². The zero-order valence-electron chi connectivity index (χ0n) is 15.3. The van der Waals surface area contributed by atoms with Crippen molar-refractivity contribution in [1.29, 1.82) is 0 Å². The molecule has 1 heterocycles. The van der Waals surface area contributed by atoms with Crippen molar-refractivity contribution in [3.05, 3.63) is 52.0 Å². The molecule has 0 aliphatic rings. The van der Waals surface area contributed by atoms with Gasteiger partial charge < -0.3 is 10.6 Å². The van der Waals surface area contributed by atoms with Crippen LogP contribution in [0.15, 0.2) is 40.7 Å². The van der Waals surface area contributed by atoms with Crippen molar-refractivity contribution in [3.63, 3.8) is 0 Å². The summed E-state index contributed by atoms with van der Waals surface area (Å²) in [7, 11) is 1.82. The molecule has 1 aromatic heterocycles. The smallest absolute Gasteiger partial charge is 0.191 e. The van der Waals surface area contributed by atoms with Crippen molar-refractivity contribution in [1.82, 2.24) is 15.6 Å². The third-order valence-electron chi connectivity index (χ3n) is 3.89. The van der Waals surface area contributed by atoms with Gasteiger partial charge in [0, 0.05) is 31.4 Å². The zero-order valence-corrected chi connectivity index (χ0v) is 18.4. The maximum Gasteiger partial charge on any atom is 0.191 e. The van der Waals surface area contributed by atoms with Crippen LogP contribution < -0.4 is 10.6 Å². The molecular formula is C19H29IN4S. The van der Waals surface area contributed by atoms with Crippen LogP contribution in [0.1, 0.15) is 36.5 Å². The fraction of sp³-hybridized carbons (Fsp3) is 0.474. The van der Waals surface area contributed by atoms with E-state index < -0.39 is 0 Å². The van der Waals surface area contributed by atoms with E-state index in [1.165, 1.54) is 10.6 Å². The normalized spacial score (nSPS) is 12.4. The molecule has 1 aromatic carbocycles. The van der Waals surface area contributed by atoms with Crippen LogP contribution >= 0.6 is 35.3 Å². The lowest BCUT2D eigenvalue weighted by Crippen LogP contribution is -2.43. The van der Waals surface area contributed by atoms with Crippen LogP contribution in [-0.4, -0.2) is 30.6 Å². The fourth-order valence-corrected chi connectivity index (χ4v) is 3.24. The number of nitrogens with zero attached hydrogens (tertiary/aromatic N) is 2. The van der Waals surface area contributed by atoms with E-state index in [2.05, 4.69) is 70.2 Å². The maximum atomic E-state index is 4.59. The summed E-state index contributed by atoms with van der Waals surface area (Å²) in [4.78, 5) is 8.91. The second-order valence-electron chi connectivity index (χ2n) is 5.90. The van der Waals surface area contributed by atoms with Crippen molar-refractivity contribution in [3.8, 4) is 0 Å². The Labute approximate surface area is 172 Å². The molecule has 0 saturated heterocycles. The predicted molar refractivity (Wildman–Crippen MR) is 119 cm³/mol. The van der Waals surface area contributed by atoms with Gasteiger partial charge in [0.25, 0.3) is 0 Å². The average molecular weight is 472 g/mol. The van der Waals surface area contributed by atoms with Gasteiger partial charge in [0.1, 0.15) is 0 Å². The lowest BCUT2D eigenvalue weighted by Gasteiger charge is -2.17. The molecule has 1 atom stereocenters. The summed E-state index contributed by atoms with van der Waals surface area (Å²) < 4.78 is 0. The van der Waals surface area contributed by atoms with Gasteiger partial charge in [-0.3, -0.25) is 4.99 Å². The van der Waals surface area contributed by atoms with Gasteiger partial charge in [-0.1, -0.05) is 37.3 Å². The van der Waals surface area contributed by atoms with Crippen LogP contribution in [0.5, 0.6) is 0 Å². The topological polar surface area (TPSA) is 49.3 Å². The Morgan fingerprint density at radius 2 is 2.00 bits per heavy atom. The molecule has 1 unspecified atom stereocenters. The van der Waals surface area contributed by atoms with Gasteiger partial charge in [-0.2, -0.15) is 0 Å². The minimum absolute atomic E-state index is 0. The molecule has 2 N–H and O–H groups in total. The quantitative estimate of drug-likeness (QED) is 0.346. The van der Waals surface area contributed by atoms with Crippen molar-refractivity contribution < 1.29 is 0 Å². The van der Waals surface area contributed by atoms with E-state index >= 15 is 0 Å². The Morgan fingerprint density at radius 1 is 1.24 bits per heavy atom. The Morgan fingerprint density at radius 3 is 2.64 bits per heavy atom. The van der Waals surface area contributed by atoms with Gasteiger partial charge in [-0.15, -0.1) is 35.3 Å². The van der Waals surface area contributed by atoms with E-state index in [9.17, 15) is 0 Å². The first-order valence-electron chi connectivity index (χ1n) is 8.65. The standard InChI is InChI=1S/C19H28N4S.HI/c1-4-18-23-17(14-24-18)12-13-21-19(20-3)22-15(2)10-11-16-8-6-5-7-9-16;/h5-9,14-15H,4,10-13H2,1-3H3,(H2,20,21,22);1H. The van der Waals surface area contributed by atoms with E-state index in [4.69, 9.17) is 0 Å². The minimum atomic E-state index is 0. The number of guanidine groups is 1. The highest BCUT2D eigenvalue weighted by atomic mass is 127. The van der Waals surface area contributed by atoms with Crippen LogP contribution in [0.3, 0.4) is 0 Å². The van der Waals surface area contributed by atoms with Crippen molar-refractivity contribution in [2.45, 2.75) is 45.6 Å². The van der Waals surface area contributed by atoms with Gasteiger partial charge in [-0.05, 0) is 31.7 Å². The second-order valence-corrected chi connectivity index (χ2v) is 6.85. The molecule has 0 saturated carbocycles. The van der Waals surface area contributed by atoms with Crippen LogP contribution in [0.2, 0.25) is 0 Å². The third kappa shape index (κ3) is 8.18. The molecule has 0 spiro atoms. The molecule has 0 fully saturated rings. The highest BCUT2D eigenvalue weighted by Crippen LogP contribution is 2.10. The molecule has 6 heteroatoms. The van der Waals surface area contributed by atoms with Crippen molar-refractivity contribution in [2.75, 3.05) is 13.6 Å². The average Bonchev–Trinajstić information content (AvgIpc) is 3.08. The van der Waals surface area contributed by atoms with E-state index in [1.807, 2.05) is 7.05 Å². The first-order chi connectivity index (χ1) is 11.7. The molecule has 2 aromatic rings. The number of rotatable bonds is 8. The predicted octanol–water partition coefficient (Wildman–Crippen LogP) is 4.05.